The quantitative estimate of drug-likeness (QED) is 0.789. The second kappa shape index (κ2) is 4.93. The monoisotopic (exact) mass is 298 g/mol. The van der Waals surface area contributed by atoms with Crippen LogP contribution >= 0.6 is 11.3 Å². The van der Waals surface area contributed by atoms with Gasteiger partial charge >= 0.3 is 0 Å². The molecule has 0 radical (unpaired) electrons. The molecule has 2 aromatic heterocycles. The molecule has 0 atom stereocenters. The highest BCUT2D eigenvalue weighted by Gasteiger charge is 2.24. The van der Waals surface area contributed by atoms with Crippen molar-refractivity contribution in [2.75, 3.05) is 6.54 Å². The largest absolute Gasteiger partial charge is 0.312 e. The van der Waals surface area contributed by atoms with Gasteiger partial charge in [-0.2, -0.15) is 5.10 Å². The summed E-state index contributed by atoms with van der Waals surface area (Å²) in [7, 11) is 0. The molecule has 1 aliphatic heterocycles. The van der Waals surface area contributed by atoms with Crippen LogP contribution in [-0.4, -0.2) is 21.3 Å². The summed E-state index contributed by atoms with van der Waals surface area (Å²) in [5, 5.41) is 9.33. The van der Waals surface area contributed by atoms with Gasteiger partial charge in [-0.1, -0.05) is 37.3 Å². The lowest BCUT2D eigenvalue weighted by Gasteiger charge is -2.15. The molecular weight excluding hydrogens is 280 g/mol. The first-order chi connectivity index (χ1) is 10.2. The van der Waals surface area contributed by atoms with E-state index in [0.29, 0.717) is 5.92 Å². The SMILES string of the molecule is CC(C)c1nn(-c2nc3ccccc3s2)c2c1CNCC2. The Balaban J connectivity index is 1.91. The van der Waals surface area contributed by atoms with Crippen molar-refractivity contribution in [2.24, 2.45) is 0 Å². The highest BCUT2D eigenvalue weighted by molar-refractivity contribution is 7.20. The average Bonchev–Trinajstić information content (AvgIpc) is 3.08. The van der Waals surface area contributed by atoms with Crippen molar-refractivity contribution >= 4 is 21.6 Å². The highest BCUT2D eigenvalue weighted by atomic mass is 32.1. The number of fused-ring (bicyclic) bond motifs is 2. The number of hydrogen-bond donors (Lipinski definition) is 1. The zero-order valence-electron chi connectivity index (χ0n) is 12.3. The van der Waals surface area contributed by atoms with Gasteiger partial charge in [-0.05, 0) is 18.1 Å². The third kappa shape index (κ3) is 2.08. The fourth-order valence-electron chi connectivity index (χ4n) is 2.95. The number of para-hydroxylation sites is 1. The van der Waals surface area contributed by atoms with E-state index in [2.05, 4.69) is 42.0 Å². The molecule has 5 heteroatoms. The molecule has 3 aromatic rings. The van der Waals surface area contributed by atoms with Gasteiger partial charge in [-0.15, -0.1) is 0 Å². The third-order valence-corrected chi connectivity index (χ3v) is 4.98. The maximum Gasteiger partial charge on any atom is 0.211 e. The van der Waals surface area contributed by atoms with Crippen LogP contribution < -0.4 is 5.32 Å². The lowest BCUT2D eigenvalue weighted by molar-refractivity contribution is 0.620. The maximum atomic E-state index is 4.88. The van der Waals surface area contributed by atoms with Gasteiger partial charge in [0, 0.05) is 25.1 Å². The zero-order valence-corrected chi connectivity index (χ0v) is 13.1. The first-order valence-electron chi connectivity index (χ1n) is 7.41. The van der Waals surface area contributed by atoms with Gasteiger partial charge in [0.1, 0.15) is 0 Å². The molecule has 0 spiro atoms. The Morgan fingerprint density at radius 2 is 2.14 bits per heavy atom. The van der Waals surface area contributed by atoms with E-state index >= 15 is 0 Å². The predicted octanol–water partition coefficient (Wildman–Crippen LogP) is 3.25. The Bertz CT molecular complexity index is 767. The number of benzene rings is 1. The standard InChI is InChI=1S/C16H18N4S/c1-10(2)15-11-9-17-8-7-13(11)20(19-15)16-18-12-5-3-4-6-14(12)21-16/h3-6,10,17H,7-9H2,1-2H3. The van der Waals surface area contributed by atoms with E-state index in [-0.39, 0.29) is 0 Å². The Morgan fingerprint density at radius 3 is 2.95 bits per heavy atom. The van der Waals surface area contributed by atoms with E-state index in [0.717, 1.165) is 30.2 Å². The summed E-state index contributed by atoms with van der Waals surface area (Å²) in [6, 6.07) is 8.29. The van der Waals surface area contributed by atoms with E-state index in [4.69, 9.17) is 10.1 Å². The fraction of sp³-hybridized carbons (Fsp3) is 0.375. The third-order valence-electron chi connectivity index (χ3n) is 3.97. The van der Waals surface area contributed by atoms with Crippen LogP contribution in [0.1, 0.15) is 36.7 Å². The van der Waals surface area contributed by atoms with Gasteiger partial charge in [-0.3, -0.25) is 0 Å². The van der Waals surface area contributed by atoms with Crippen molar-refractivity contribution in [2.45, 2.75) is 32.7 Å². The summed E-state index contributed by atoms with van der Waals surface area (Å²) in [5.41, 5.74) is 4.96. The first-order valence-corrected chi connectivity index (χ1v) is 8.23. The first kappa shape index (κ1) is 13.0. The van der Waals surface area contributed by atoms with Crippen LogP contribution in [0.15, 0.2) is 24.3 Å². The number of rotatable bonds is 2. The predicted molar refractivity (Wildman–Crippen MR) is 86.2 cm³/mol. The Labute approximate surface area is 127 Å². The smallest absolute Gasteiger partial charge is 0.211 e. The molecule has 0 saturated heterocycles. The molecule has 21 heavy (non-hydrogen) atoms. The molecule has 0 amide bonds. The van der Waals surface area contributed by atoms with Gasteiger partial charge in [-0.25, -0.2) is 9.67 Å². The van der Waals surface area contributed by atoms with Gasteiger partial charge in [0.2, 0.25) is 5.13 Å². The van der Waals surface area contributed by atoms with Crippen LogP contribution in [-0.2, 0) is 13.0 Å². The highest BCUT2D eigenvalue weighted by Crippen LogP contribution is 2.30. The number of nitrogens with zero attached hydrogens (tertiary/aromatic N) is 3. The Kier molecular flexibility index (Phi) is 3.05. The minimum absolute atomic E-state index is 0.439. The van der Waals surface area contributed by atoms with Crippen LogP contribution in [0, 0.1) is 0 Å². The molecule has 0 aliphatic carbocycles. The molecule has 0 saturated carbocycles. The molecule has 3 heterocycles. The van der Waals surface area contributed by atoms with E-state index in [1.165, 1.54) is 21.7 Å². The van der Waals surface area contributed by atoms with Crippen LogP contribution in [0.2, 0.25) is 0 Å². The van der Waals surface area contributed by atoms with Crippen molar-refractivity contribution in [1.82, 2.24) is 20.1 Å². The molecule has 1 aromatic carbocycles. The summed E-state index contributed by atoms with van der Waals surface area (Å²) in [6.45, 7) is 6.36. The lowest BCUT2D eigenvalue weighted by Crippen LogP contribution is -2.25. The minimum Gasteiger partial charge on any atom is -0.312 e. The summed E-state index contributed by atoms with van der Waals surface area (Å²) in [4.78, 5) is 4.76. The van der Waals surface area contributed by atoms with Crippen molar-refractivity contribution in [1.29, 1.82) is 0 Å². The van der Waals surface area contributed by atoms with Crippen LogP contribution in [0.25, 0.3) is 15.3 Å². The summed E-state index contributed by atoms with van der Waals surface area (Å²) in [6.07, 6.45) is 1.02. The Hall–Kier alpha value is -1.72. The van der Waals surface area contributed by atoms with Gasteiger partial charge in [0.05, 0.1) is 21.6 Å². The number of hydrogen-bond acceptors (Lipinski definition) is 4. The minimum atomic E-state index is 0.439. The van der Waals surface area contributed by atoms with Gasteiger partial charge < -0.3 is 5.32 Å². The molecule has 0 unspecified atom stereocenters. The normalized spacial score (nSPS) is 14.8. The van der Waals surface area contributed by atoms with Gasteiger partial charge in [0.25, 0.3) is 0 Å². The second-order valence-electron chi connectivity index (χ2n) is 5.77. The lowest BCUT2D eigenvalue weighted by atomic mass is 10.0. The number of nitrogens with one attached hydrogen (secondary N) is 1. The van der Waals surface area contributed by atoms with Crippen molar-refractivity contribution < 1.29 is 0 Å². The molecule has 1 N–H and O–H groups in total. The molecule has 0 fully saturated rings. The van der Waals surface area contributed by atoms with Crippen LogP contribution in [0.3, 0.4) is 0 Å². The van der Waals surface area contributed by atoms with E-state index in [1.54, 1.807) is 11.3 Å². The van der Waals surface area contributed by atoms with Crippen LogP contribution in [0.4, 0.5) is 0 Å². The fourth-order valence-corrected chi connectivity index (χ4v) is 3.89. The molecular formula is C16H18N4S. The number of thiazole rings is 1. The zero-order chi connectivity index (χ0) is 14.4. The second-order valence-corrected chi connectivity index (χ2v) is 6.78. The molecule has 4 nitrogen and oxygen atoms in total. The molecule has 4 rings (SSSR count). The van der Waals surface area contributed by atoms with Crippen molar-refractivity contribution in [3.63, 3.8) is 0 Å². The molecule has 108 valence electrons. The average molecular weight is 298 g/mol. The maximum absolute atomic E-state index is 4.88. The van der Waals surface area contributed by atoms with E-state index < -0.39 is 0 Å². The number of aromatic nitrogens is 3. The topological polar surface area (TPSA) is 42.7 Å². The summed E-state index contributed by atoms with van der Waals surface area (Å²) in [5.74, 6) is 0.439. The molecule has 0 bridgehead atoms. The van der Waals surface area contributed by atoms with Crippen molar-refractivity contribution in [3.8, 4) is 5.13 Å². The van der Waals surface area contributed by atoms with Crippen LogP contribution in [0.5, 0.6) is 0 Å². The summed E-state index contributed by atoms with van der Waals surface area (Å²) < 4.78 is 3.30. The molecule has 1 aliphatic rings. The van der Waals surface area contributed by atoms with E-state index in [9.17, 15) is 0 Å². The summed E-state index contributed by atoms with van der Waals surface area (Å²) >= 11 is 1.72. The van der Waals surface area contributed by atoms with Gasteiger partial charge in [0.15, 0.2) is 0 Å². The van der Waals surface area contributed by atoms with Crippen molar-refractivity contribution in [3.05, 3.63) is 41.2 Å². The van der Waals surface area contributed by atoms with E-state index in [1.807, 2.05) is 6.07 Å². The Morgan fingerprint density at radius 1 is 1.29 bits per heavy atom.